The molecule has 0 spiro atoms. The maximum absolute atomic E-state index is 11.8. The maximum atomic E-state index is 11.8. The molecule has 0 unspecified atom stereocenters. The van der Waals surface area contributed by atoms with Crippen LogP contribution in [0.4, 0.5) is 16.3 Å². The molecule has 7 heteroatoms. The van der Waals surface area contributed by atoms with Crippen LogP contribution in [0.25, 0.3) is 0 Å². The average molecular weight is 309 g/mol. The molecule has 0 fully saturated rings. The smallest absolute Gasteiger partial charge is 0.311 e. The first-order valence-corrected chi connectivity index (χ1v) is 7.02. The quantitative estimate of drug-likeness (QED) is 0.690. The fourth-order valence-corrected chi connectivity index (χ4v) is 2.09. The Hall–Kier alpha value is -3.35. The monoisotopic (exact) mass is 309 g/mol. The molecule has 2 amide bonds. The lowest BCUT2D eigenvalue weighted by Crippen LogP contribution is -2.20. The van der Waals surface area contributed by atoms with Crippen molar-refractivity contribution in [3.05, 3.63) is 76.8 Å². The summed E-state index contributed by atoms with van der Waals surface area (Å²) in [5.41, 5.74) is 1.58. The van der Waals surface area contributed by atoms with Crippen LogP contribution in [0.5, 0.6) is 0 Å². The fourth-order valence-electron chi connectivity index (χ4n) is 2.09. The summed E-state index contributed by atoms with van der Waals surface area (Å²) in [5, 5.41) is 11.7. The molecule has 0 atom stereocenters. The Labute approximate surface area is 132 Å². The Bertz CT molecular complexity index is 837. The van der Waals surface area contributed by atoms with Gasteiger partial charge in [0.05, 0.1) is 12.7 Å². The standard InChI is InChI=1S/C16H15N5O2/c22-15-3-1-2-10-21(15)11-12-4-6-13(7-5-12)18-16(23)19-14-8-9-17-20-14/h1-10H,11H2,(H3,17,18,19,20,23). The van der Waals surface area contributed by atoms with E-state index in [4.69, 9.17) is 0 Å². The molecule has 23 heavy (non-hydrogen) atoms. The van der Waals surface area contributed by atoms with Gasteiger partial charge in [0, 0.05) is 24.0 Å². The lowest BCUT2D eigenvalue weighted by molar-refractivity contribution is 0.262. The van der Waals surface area contributed by atoms with E-state index in [1.54, 1.807) is 41.2 Å². The minimum absolute atomic E-state index is 0.0476. The lowest BCUT2D eigenvalue weighted by atomic mass is 10.2. The van der Waals surface area contributed by atoms with E-state index in [9.17, 15) is 9.59 Å². The van der Waals surface area contributed by atoms with Gasteiger partial charge in [-0.2, -0.15) is 5.10 Å². The van der Waals surface area contributed by atoms with Gasteiger partial charge in [0.15, 0.2) is 0 Å². The highest BCUT2D eigenvalue weighted by Gasteiger charge is 2.03. The number of benzene rings is 1. The summed E-state index contributed by atoms with van der Waals surface area (Å²) in [6.45, 7) is 0.486. The number of hydrogen-bond acceptors (Lipinski definition) is 3. The van der Waals surface area contributed by atoms with Crippen molar-refractivity contribution in [1.29, 1.82) is 0 Å². The highest BCUT2D eigenvalue weighted by Crippen LogP contribution is 2.11. The van der Waals surface area contributed by atoms with Crippen LogP contribution in [0.3, 0.4) is 0 Å². The van der Waals surface area contributed by atoms with E-state index in [2.05, 4.69) is 20.8 Å². The number of H-pyrrole nitrogens is 1. The van der Waals surface area contributed by atoms with Crippen LogP contribution in [0, 0.1) is 0 Å². The van der Waals surface area contributed by atoms with Crippen LogP contribution >= 0.6 is 0 Å². The molecule has 2 heterocycles. The molecule has 0 saturated carbocycles. The third kappa shape index (κ3) is 3.85. The molecule has 0 saturated heterocycles. The number of carbonyl (C=O) groups is 1. The molecule has 3 rings (SSSR count). The van der Waals surface area contributed by atoms with Gasteiger partial charge in [0.25, 0.3) is 5.56 Å². The molecule has 0 bridgehead atoms. The van der Waals surface area contributed by atoms with Crippen LogP contribution in [0.1, 0.15) is 5.56 Å². The summed E-state index contributed by atoms with van der Waals surface area (Å²) in [6.07, 6.45) is 3.29. The van der Waals surface area contributed by atoms with Gasteiger partial charge in [-0.05, 0) is 23.8 Å². The number of hydrogen-bond donors (Lipinski definition) is 3. The summed E-state index contributed by atoms with van der Waals surface area (Å²) >= 11 is 0. The molecule has 2 aromatic heterocycles. The van der Waals surface area contributed by atoms with Gasteiger partial charge < -0.3 is 9.88 Å². The van der Waals surface area contributed by atoms with Crippen molar-refractivity contribution in [2.24, 2.45) is 0 Å². The normalized spacial score (nSPS) is 10.3. The summed E-state index contributed by atoms with van der Waals surface area (Å²) in [4.78, 5) is 23.5. The van der Waals surface area contributed by atoms with Gasteiger partial charge in [-0.1, -0.05) is 18.2 Å². The molecule has 0 aliphatic carbocycles. The minimum atomic E-state index is -0.360. The van der Waals surface area contributed by atoms with Gasteiger partial charge in [-0.15, -0.1) is 0 Å². The SMILES string of the molecule is O=C(Nc1ccc(Cn2ccccc2=O)cc1)Nc1ccn[nH]1. The first-order valence-electron chi connectivity index (χ1n) is 7.02. The second-order valence-electron chi connectivity index (χ2n) is 4.91. The molecular formula is C16H15N5O2. The summed E-state index contributed by atoms with van der Waals surface area (Å²) < 4.78 is 1.62. The molecule has 1 aromatic carbocycles. The number of nitrogens with zero attached hydrogens (tertiary/aromatic N) is 2. The Morgan fingerprint density at radius 3 is 2.61 bits per heavy atom. The lowest BCUT2D eigenvalue weighted by Gasteiger charge is -2.08. The van der Waals surface area contributed by atoms with Crippen molar-refractivity contribution in [1.82, 2.24) is 14.8 Å². The van der Waals surface area contributed by atoms with E-state index >= 15 is 0 Å². The topological polar surface area (TPSA) is 91.8 Å². The van der Waals surface area contributed by atoms with Crippen LogP contribution in [0.15, 0.2) is 65.7 Å². The van der Waals surface area contributed by atoms with Crippen LogP contribution in [0.2, 0.25) is 0 Å². The Kier molecular flexibility index (Phi) is 4.19. The number of nitrogens with one attached hydrogen (secondary N) is 3. The fraction of sp³-hybridized carbons (Fsp3) is 0.0625. The van der Waals surface area contributed by atoms with Crippen LogP contribution in [-0.2, 0) is 6.54 Å². The third-order valence-corrected chi connectivity index (χ3v) is 3.21. The van der Waals surface area contributed by atoms with Crippen molar-refractivity contribution < 1.29 is 4.79 Å². The molecule has 0 aliphatic heterocycles. The highest BCUT2D eigenvalue weighted by molar-refractivity contribution is 5.99. The zero-order chi connectivity index (χ0) is 16.1. The van der Waals surface area contributed by atoms with E-state index in [1.165, 1.54) is 6.07 Å². The molecule has 3 N–H and O–H groups in total. The van der Waals surface area contributed by atoms with Gasteiger partial charge >= 0.3 is 6.03 Å². The highest BCUT2D eigenvalue weighted by atomic mass is 16.2. The predicted octanol–water partition coefficient (Wildman–Crippen LogP) is 2.26. The summed E-state index contributed by atoms with van der Waals surface area (Å²) in [5.74, 6) is 0.516. The van der Waals surface area contributed by atoms with Crippen LogP contribution < -0.4 is 16.2 Å². The van der Waals surface area contributed by atoms with E-state index in [-0.39, 0.29) is 11.6 Å². The van der Waals surface area contributed by atoms with E-state index in [0.717, 1.165) is 5.56 Å². The van der Waals surface area contributed by atoms with Gasteiger partial charge in [-0.3, -0.25) is 15.2 Å². The van der Waals surface area contributed by atoms with Gasteiger partial charge in [-0.25, -0.2) is 4.79 Å². The molecule has 7 nitrogen and oxygen atoms in total. The average Bonchev–Trinajstić information content (AvgIpc) is 3.04. The van der Waals surface area contributed by atoms with E-state index < -0.39 is 0 Å². The first kappa shape index (κ1) is 14.6. The Morgan fingerprint density at radius 1 is 1.09 bits per heavy atom. The number of urea groups is 1. The van der Waals surface area contributed by atoms with Crippen molar-refractivity contribution in [2.45, 2.75) is 6.54 Å². The van der Waals surface area contributed by atoms with Crippen LogP contribution in [-0.4, -0.2) is 20.8 Å². The number of aromatic nitrogens is 3. The number of amides is 2. The van der Waals surface area contributed by atoms with E-state index in [1.807, 2.05) is 18.2 Å². The summed E-state index contributed by atoms with van der Waals surface area (Å²) in [6, 6.07) is 13.7. The van der Waals surface area contributed by atoms with E-state index in [0.29, 0.717) is 18.1 Å². The maximum Gasteiger partial charge on any atom is 0.324 e. The zero-order valence-electron chi connectivity index (χ0n) is 12.2. The van der Waals surface area contributed by atoms with Crippen molar-refractivity contribution in [3.8, 4) is 0 Å². The Morgan fingerprint density at radius 2 is 1.91 bits per heavy atom. The second kappa shape index (κ2) is 6.61. The van der Waals surface area contributed by atoms with Gasteiger partial charge in [0.2, 0.25) is 0 Å². The number of rotatable bonds is 4. The number of pyridine rings is 1. The Balaban J connectivity index is 1.62. The third-order valence-electron chi connectivity index (χ3n) is 3.21. The van der Waals surface area contributed by atoms with Gasteiger partial charge in [0.1, 0.15) is 5.82 Å². The molecule has 3 aromatic rings. The number of anilines is 2. The molecule has 0 radical (unpaired) electrons. The zero-order valence-corrected chi connectivity index (χ0v) is 12.2. The summed E-state index contributed by atoms with van der Waals surface area (Å²) in [7, 11) is 0. The predicted molar refractivity (Wildman–Crippen MR) is 87.5 cm³/mol. The number of aromatic amines is 1. The molecule has 116 valence electrons. The van der Waals surface area contributed by atoms with Crippen molar-refractivity contribution >= 4 is 17.5 Å². The first-order chi connectivity index (χ1) is 11.2. The second-order valence-corrected chi connectivity index (χ2v) is 4.91. The number of carbonyl (C=O) groups excluding carboxylic acids is 1. The minimum Gasteiger partial charge on any atom is -0.311 e. The molecular weight excluding hydrogens is 294 g/mol. The largest absolute Gasteiger partial charge is 0.324 e. The molecule has 0 aliphatic rings. The van der Waals surface area contributed by atoms with Crippen molar-refractivity contribution in [2.75, 3.05) is 10.6 Å². The van der Waals surface area contributed by atoms with Crippen molar-refractivity contribution in [3.63, 3.8) is 0 Å².